The summed E-state index contributed by atoms with van der Waals surface area (Å²) in [6, 6.07) is 51.4. The van der Waals surface area contributed by atoms with Crippen molar-refractivity contribution in [1.82, 2.24) is 15.0 Å². The molecule has 7 aromatic rings. The van der Waals surface area contributed by atoms with Crippen molar-refractivity contribution >= 4 is 0 Å². The molecule has 0 radical (unpaired) electrons. The van der Waals surface area contributed by atoms with Crippen LogP contribution in [-0.2, 0) is 10.8 Å². The zero-order chi connectivity index (χ0) is 36.5. The van der Waals surface area contributed by atoms with Crippen LogP contribution < -0.4 is 0 Å². The molecular formula is C52H43N3. The number of aromatic nitrogens is 3. The SMILES string of the molecule is CC1(C)c2ccccc2-c2cc(-c3ccc(-c4nc(-c5ccccc5)nc(-c5ccc6c(c5)-c5ccccc5C65C6CC7CC(C6)CC5C7)n4)cc3)ccc21. The number of hydrogen-bond acceptors (Lipinski definition) is 3. The molecule has 3 nitrogen and oxygen atoms in total. The fourth-order valence-electron chi connectivity index (χ4n) is 12.4. The summed E-state index contributed by atoms with van der Waals surface area (Å²) in [5.41, 5.74) is 17.0. The fourth-order valence-corrected chi connectivity index (χ4v) is 12.4. The summed E-state index contributed by atoms with van der Waals surface area (Å²) < 4.78 is 0. The van der Waals surface area contributed by atoms with E-state index in [4.69, 9.17) is 15.0 Å². The largest absolute Gasteiger partial charge is 0.208 e. The zero-order valence-electron chi connectivity index (χ0n) is 31.5. The van der Waals surface area contributed by atoms with Crippen LogP contribution in [-0.4, -0.2) is 15.0 Å². The van der Waals surface area contributed by atoms with E-state index < -0.39 is 0 Å². The van der Waals surface area contributed by atoms with Crippen LogP contribution in [0.5, 0.6) is 0 Å². The summed E-state index contributed by atoms with van der Waals surface area (Å²) in [5, 5.41) is 0. The Balaban J connectivity index is 0.950. The summed E-state index contributed by atoms with van der Waals surface area (Å²) >= 11 is 0. The van der Waals surface area contributed by atoms with Crippen molar-refractivity contribution < 1.29 is 0 Å². The van der Waals surface area contributed by atoms with Crippen molar-refractivity contribution in [1.29, 1.82) is 0 Å². The van der Waals surface area contributed by atoms with E-state index in [0.717, 1.165) is 46.2 Å². The number of fused-ring (bicyclic) bond motifs is 6. The summed E-state index contributed by atoms with van der Waals surface area (Å²) in [4.78, 5) is 15.5. The Bertz CT molecular complexity index is 2660. The highest BCUT2D eigenvalue weighted by Crippen LogP contribution is 2.69. The van der Waals surface area contributed by atoms with E-state index in [-0.39, 0.29) is 10.8 Å². The predicted molar refractivity (Wildman–Crippen MR) is 222 cm³/mol. The summed E-state index contributed by atoms with van der Waals surface area (Å²) in [7, 11) is 0. The molecule has 266 valence electrons. The smallest absolute Gasteiger partial charge is 0.164 e. The van der Waals surface area contributed by atoms with Crippen LogP contribution in [0.4, 0.5) is 0 Å². The minimum Gasteiger partial charge on any atom is -0.208 e. The van der Waals surface area contributed by atoms with Gasteiger partial charge in [0.15, 0.2) is 17.5 Å². The summed E-state index contributed by atoms with van der Waals surface area (Å²) in [5.74, 6) is 5.45. The number of benzene rings is 6. The predicted octanol–water partition coefficient (Wildman–Crippen LogP) is 12.6. The highest BCUT2D eigenvalue weighted by molar-refractivity contribution is 5.86. The van der Waals surface area contributed by atoms with Gasteiger partial charge in [-0.3, -0.25) is 0 Å². The standard InChI is InChI=1S/C52H43N3/c1-51(2)44-14-8-6-12-40(44)42-29-36(20-22-45(42)51)33-16-18-35(19-17-33)49-53-48(34-10-4-3-5-11-34)54-50(55-49)37-21-23-47-43(30-37)41-13-7-9-15-46(41)52(47)38-25-31-24-32(27-38)28-39(52)26-31/h3-23,29-32,38-39H,24-28H2,1-2H3. The second-order valence-electron chi connectivity index (χ2n) is 17.7. The van der Waals surface area contributed by atoms with Crippen LogP contribution in [0.15, 0.2) is 140 Å². The Kier molecular flexibility index (Phi) is 6.58. The monoisotopic (exact) mass is 709 g/mol. The van der Waals surface area contributed by atoms with Gasteiger partial charge in [0.05, 0.1) is 0 Å². The second-order valence-corrected chi connectivity index (χ2v) is 17.7. The summed E-state index contributed by atoms with van der Waals surface area (Å²) in [6.07, 6.45) is 7.01. The first kappa shape index (κ1) is 31.7. The number of nitrogens with zero attached hydrogens (tertiary/aromatic N) is 3. The van der Waals surface area contributed by atoms with E-state index in [2.05, 4.69) is 147 Å². The highest BCUT2D eigenvalue weighted by Gasteiger charge is 2.61. The zero-order valence-corrected chi connectivity index (χ0v) is 31.5. The van der Waals surface area contributed by atoms with Gasteiger partial charge in [-0.2, -0.15) is 0 Å². The normalized spacial score (nSPS) is 24.4. The van der Waals surface area contributed by atoms with E-state index in [9.17, 15) is 0 Å². The highest BCUT2D eigenvalue weighted by atomic mass is 15.0. The minimum absolute atomic E-state index is 0.0000474. The van der Waals surface area contributed by atoms with E-state index in [1.54, 1.807) is 11.1 Å². The minimum atomic E-state index is -0.0000474. The molecule has 6 aliphatic carbocycles. The molecule has 0 aliphatic heterocycles. The molecule has 13 rings (SSSR count). The molecule has 3 heteroatoms. The third kappa shape index (κ3) is 4.47. The average molecular weight is 710 g/mol. The van der Waals surface area contributed by atoms with Gasteiger partial charge < -0.3 is 0 Å². The first-order chi connectivity index (χ1) is 26.9. The van der Waals surface area contributed by atoms with Crippen LogP contribution >= 0.6 is 0 Å². The third-order valence-corrected chi connectivity index (χ3v) is 14.5. The molecule has 1 heterocycles. The Morgan fingerprint density at radius 1 is 0.382 bits per heavy atom. The van der Waals surface area contributed by atoms with Gasteiger partial charge in [-0.25, -0.2) is 15.0 Å². The van der Waals surface area contributed by atoms with Crippen LogP contribution in [0, 0.1) is 23.7 Å². The number of rotatable bonds is 4. The van der Waals surface area contributed by atoms with E-state index in [1.807, 2.05) is 6.07 Å². The van der Waals surface area contributed by atoms with E-state index >= 15 is 0 Å². The molecule has 0 unspecified atom stereocenters. The molecule has 0 atom stereocenters. The lowest BCUT2D eigenvalue weighted by atomic mass is 9.43. The Morgan fingerprint density at radius 2 is 0.818 bits per heavy atom. The maximum Gasteiger partial charge on any atom is 0.164 e. The first-order valence-electron chi connectivity index (χ1n) is 20.4. The van der Waals surface area contributed by atoms with Gasteiger partial charge in [0.25, 0.3) is 0 Å². The Labute approximate surface area is 323 Å². The van der Waals surface area contributed by atoms with Gasteiger partial charge in [0.1, 0.15) is 0 Å². The topological polar surface area (TPSA) is 38.7 Å². The quantitative estimate of drug-likeness (QED) is 0.183. The van der Waals surface area contributed by atoms with Crippen molar-refractivity contribution in [2.75, 3.05) is 0 Å². The molecule has 4 bridgehead atoms. The van der Waals surface area contributed by atoms with Crippen LogP contribution in [0.3, 0.4) is 0 Å². The number of hydrogen-bond donors (Lipinski definition) is 0. The molecule has 4 saturated carbocycles. The van der Waals surface area contributed by atoms with Gasteiger partial charge >= 0.3 is 0 Å². The Morgan fingerprint density at radius 3 is 1.51 bits per heavy atom. The molecule has 1 spiro atoms. The molecular weight excluding hydrogens is 667 g/mol. The third-order valence-electron chi connectivity index (χ3n) is 14.5. The average Bonchev–Trinajstić information content (AvgIpc) is 3.65. The van der Waals surface area contributed by atoms with Gasteiger partial charge in [-0.05, 0) is 124 Å². The molecule has 6 aliphatic rings. The van der Waals surface area contributed by atoms with Gasteiger partial charge in [0.2, 0.25) is 0 Å². The molecule has 0 amide bonds. The molecule has 55 heavy (non-hydrogen) atoms. The van der Waals surface area contributed by atoms with E-state index in [0.29, 0.717) is 11.6 Å². The maximum absolute atomic E-state index is 5.23. The molecule has 0 saturated heterocycles. The molecule has 1 aromatic heterocycles. The van der Waals surface area contributed by atoms with Crippen molar-refractivity contribution in [3.05, 3.63) is 162 Å². The van der Waals surface area contributed by atoms with Crippen LogP contribution in [0.2, 0.25) is 0 Å². The van der Waals surface area contributed by atoms with Crippen molar-refractivity contribution in [3.8, 4) is 67.5 Å². The van der Waals surface area contributed by atoms with E-state index in [1.165, 1.54) is 76.6 Å². The Hall–Kier alpha value is -5.67. The molecule has 4 fully saturated rings. The van der Waals surface area contributed by atoms with Crippen molar-refractivity contribution in [2.45, 2.75) is 56.8 Å². The van der Waals surface area contributed by atoms with Crippen LogP contribution in [0.25, 0.3) is 67.5 Å². The molecule has 0 N–H and O–H groups in total. The molecule has 6 aromatic carbocycles. The van der Waals surface area contributed by atoms with Gasteiger partial charge in [-0.15, -0.1) is 0 Å². The maximum atomic E-state index is 5.23. The first-order valence-corrected chi connectivity index (χ1v) is 20.4. The van der Waals surface area contributed by atoms with Crippen molar-refractivity contribution in [2.24, 2.45) is 23.7 Å². The lowest BCUT2D eigenvalue weighted by Crippen LogP contribution is -2.55. The van der Waals surface area contributed by atoms with Crippen LogP contribution in [0.1, 0.15) is 68.2 Å². The van der Waals surface area contributed by atoms with Crippen molar-refractivity contribution in [3.63, 3.8) is 0 Å². The summed E-state index contributed by atoms with van der Waals surface area (Å²) in [6.45, 7) is 4.67. The lowest BCUT2D eigenvalue weighted by Gasteiger charge is -2.61. The lowest BCUT2D eigenvalue weighted by molar-refractivity contribution is -0.0399. The van der Waals surface area contributed by atoms with Gasteiger partial charge in [0, 0.05) is 27.5 Å². The fraction of sp³-hybridized carbons (Fsp3) is 0.250. The second kappa shape index (κ2) is 11.4. The van der Waals surface area contributed by atoms with Gasteiger partial charge in [-0.1, -0.05) is 141 Å².